The van der Waals surface area contributed by atoms with Crippen molar-refractivity contribution in [3.8, 4) is 0 Å². The number of rotatable bonds is 5. The maximum Gasteiger partial charge on any atom is 0.337 e. The molecule has 1 aliphatic heterocycles. The van der Waals surface area contributed by atoms with Crippen LogP contribution in [0.2, 0.25) is 0 Å². The van der Waals surface area contributed by atoms with Crippen molar-refractivity contribution in [2.24, 2.45) is 0 Å². The van der Waals surface area contributed by atoms with Gasteiger partial charge in [0, 0.05) is 20.3 Å². The minimum absolute atomic E-state index is 0.315. The smallest absolute Gasteiger partial charge is 0.337 e. The Kier molecular flexibility index (Phi) is 3.95. The molecule has 0 spiro atoms. The van der Waals surface area contributed by atoms with Crippen molar-refractivity contribution in [1.82, 2.24) is 0 Å². The lowest BCUT2D eigenvalue weighted by atomic mass is 10.1. The monoisotopic (exact) mass is 210 g/mol. The van der Waals surface area contributed by atoms with Crippen molar-refractivity contribution in [1.29, 1.82) is 0 Å². The number of allylic oxidation sites excluding steroid dienone is 2. The largest absolute Gasteiger partial charge is 0.457 e. The molecule has 0 atom stereocenters. The van der Waals surface area contributed by atoms with E-state index in [2.05, 4.69) is 6.58 Å². The molecule has 1 heterocycles. The van der Waals surface area contributed by atoms with Crippen molar-refractivity contribution in [3.63, 3.8) is 0 Å². The molecule has 3 nitrogen and oxygen atoms in total. The third-order valence-corrected chi connectivity index (χ3v) is 2.08. The van der Waals surface area contributed by atoms with Crippen LogP contribution in [0.3, 0.4) is 0 Å². The number of carbonyl (C=O) groups excluding carboxylic acids is 1. The highest BCUT2D eigenvalue weighted by Crippen LogP contribution is 2.25. The van der Waals surface area contributed by atoms with Crippen molar-refractivity contribution >= 4 is 5.97 Å². The summed E-state index contributed by atoms with van der Waals surface area (Å²) in [4.78, 5) is 11.2. The van der Waals surface area contributed by atoms with Crippen molar-refractivity contribution < 1.29 is 14.3 Å². The maximum absolute atomic E-state index is 11.2. The van der Waals surface area contributed by atoms with Crippen LogP contribution in [0.15, 0.2) is 24.5 Å². The first-order chi connectivity index (χ1) is 7.03. The van der Waals surface area contributed by atoms with Gasteiger partial charge in [0.15, 0.2) is 0 Å². The molecule has 84 valence electrons. The number of hydrogen-bond donors (Lipinski definition) is 0. The summed E-state index contributed by atoms with van der Waals surface area (Å²) in [7, 11) is 0. The van der Waals surface area contributed by atoms with Crippen LogP contribution < -0.4 is 0 Å². The highest BCUT2D eigenvalue weighted by atomic mass is 16.7. The van der Waals surface area contributed by atoms with Gasteiger partial charge in [0.25, 0.3) is 0 Å². The van der Waals surface area contributed by atoms with Gasteiger partial charge in [-0.15, -0.1) is 6.58 Å². The topological polar surface area (TPSA) is 35.5 Å². The standard InChI is InChI=1S/C12H18O3/c1-4-5-6-7-8-10-9-11(13)15-12(2,3)14-10/h4,9H,1,5-8H2,2-3H3. The molecule has 15 heavy (non-hydrogen) atoms. The molecule has 0 unspecified atom stereocenters. The molecular formula is C12H18O3. The van der Waals surface area contributed by atoms with Gasteiger partial charge in [-0.3, -0.25) is 0 Å². The molecule has 0 fully saturated rings. The Hall–Kier alpha value is -1.25. The van der Waals surface area contributed by atoms with E-state index >= 15 is 0 Å². The van der Waals surface area contributed by atoms with Crippen molar-refractivity contribution in [2.75, 3.05) is 0 Å². The van der Waals surface area contributed by atoms with Crippen LogP contribution in [0.1, 0.15) is 39.5 Å². The lowest BCUT2D eigenvalue weighted by Crippen LogP contribution is -2.34. The Balaban J connectivity index is 2.41. The van der Waals surface area contributed by atoms with Crippen molar-refractivity contribution in [2.45, 2.75) is 45.3 Å². The van der Waals surface area contributed by atoms with E-state index in [9.17, 15) is 4.79 Å². The third kappa shape index (κ3) is 4.19. The zero-order valence-electron chi connectivity index (χ0n) is 9.41. The predicted octanol–water partition coefficient (Wildman–Crippen LogP) is 2.93. The summed E-state index contributed by atoms with van der Waals surface area (Å²) in [5.41, 5.74) is 0. The summed E-state index contributed by atoms with van der Waals surface area (Å²) in [6.45, 7) is 7.14. The van der Waals surface area contributed by atoms with Gasteiger partial charge in [0.2, 0.25) is 5.79 Å². The SMILES string of the molecule is C=CCCCCC1=CC(=O)OC(C)(C)O1. The molecule has 0 radical (unpaired) electrons. The number of cyclic esters (lactones) is 1. The van der Waals surface area contributed by atoms with Gasteiger partial charge in [0.05, 0.1) is 6.08 Å². The second kappa shape index (κ2) is 5.01. The minimum Gasteiger partial charge on any atom is -0.457 e. The van der Waals surface area contributed by atoms with Crippen LogP contribution in [-0.2, 0) is 14.3 Å². The van der Waals surface area contributed by atoms with E-state index in [0.29, 0.717) is 0 Å². The van der Waals surface area contributed by atoms with E-state index < -0.39 is 5.79 Å². The fourth-order valence-corrected chi connectivity index (χ4v) is 1.48. The molecule has 3 heteroatoms. The molecule has 0 aliphatic carbocycles. The van der Waals surface area contributed by atoms with Crippen molar-refractivity contribution in [3.05, 3.63) is 24.5 Å². The minimum atomic E-state index is -0.820. The fraction of sp³-hybridized carbons (Fsp3) is 0.583. The fourth-order valence-electron chi connectivity index (χ4n) is 1.48. The van der Waals surface area contributed by atoms with Gasteiger partial charge in [-0.2, -0.15) is 0 Å². The molecule has 0 N–H and O–H groups in total. The Bertz CT molecular complexity index is 277. The lowest BCUT2D eigenvalue weighted by Gasteiger charge is -2.30. The highest BCUT2D eigenvalue weighted by molar-refractivity contribution is 5.83. The first-order valence-electron chi connectivity index (χ1n) is 5.27. The van der Waals surface area contributed by atoms with Crippen LogP contribution in [0.5, 0.6) is 0 Å². The Labute approximate surface area is 90.8 Å². The van der Waals surface area contributed by atoms with Gasteiger partial charge in [-0.25, -0.2) is 4.79 Å². The summed E-state index contributed by atoms with van der Waals surface area (Å²) in [6, 6.07) is 0. The number of carbonyl (C=O) groups is 1. The van der Waals surface area contributed by atoms with Crippen LogP contribution in [0.25, 0.3) is 0 Å². The molecule has 0 saturated carbocycles. The molecule has 1 rings (SSSR count). The van der Waals surface area contributed by atoms with Gasteiger partial charge in [0.1, 0.15) is 5.76 Å². The first kappa shape index (κ1) is 11.8. The molecular weight excluding hydrogens is 192 g/mol. The maximum atomic E-state index is 11.2. The molecule has 0 saturated heterocycles. The molecule has 1 aliphatic rings. The zero-order chi connectivity index (χ0) is 11.3. The average molecular weight is 210 g/mol. The number of hydrogen-bond acceptors (Lipinski definition) is 3. The summed E-state index contributed by atoms with van der Waals surface area (Å²) >= 11 is 0. The Morgan fingerprint density at radius 2 is 2.13 bits per heavy atom. The third-order valence-electron chi connectivity index (χ3n) is 2.08. The van der Waals surface area contributed by atoms with Gasteiger partial charge >= 0.3 is 5.97 Å². The summed E-state index contributed by atoms with van der Waals surface area (Å²) < 4.78 is 10.5. The van der Waals surface area contributed by atoms with E-state index in [1.165, 1.54) is 6.08 Å². The molecule has 0 aromatic rings. The van der Waals surface area contributed by atoms with Crippen LogP contribution >= 0.6 is 0 Å². The Morgan fingerprint density at radius 1 is 1.40 bits per heavy atom. The van der Waals surface area contributed by atoms with E-state index in [1.54, 1.807) is 13.8 Å². The van der Waals surface area contributed by atoms with Crippen LogP contribution in [-0.4, -0.2) is 11.8 Å². The summed E-state index contributed by atoms with van der Waals surface area (Å²) in [5.74, 6) is -0.412. The van der Waals surface area contributed by atoms with Gasteiger partial charge in [-0.1, -0.05) is 6.08 Å². The summed E-state index contributed by atoms with van der Waals surface area (Å²) in [5, 5.41) is 0. The zero-order valence-corrected chi connectivity index (χ0v) is 9.41. The molecule has 0 bridgehead atoms. The average Bonchev–Trinajstić information content (AvgIpc) is 2.09. The lowest BCUT2D eigenvalue weighted by molar-refractivity contribution is -0.206. The van der Waals surface area contributed by atoms with Crippen LogP contribution in [0.4, 0.5) is 0 Å². The number of esters is 1. The second-order valence-electron chi connectivity index (χ2n) is 4.07. The first-order valence-corrected chi connectivity index (χ1v) is 5.27. The normalized spacial score (nSPS) is 18.8. The number of ether oxygens (including phenoxy) is 2. The molecule has 0 aromatic heterocycles. The Morgan fingerprint density at radius 3 is 2.73 bits per heavy atom. The van der Waals surface area contributed by atoms with E-state index in [-0.39, 0.29) is 5.97 Å². The van der Waals surface area contributed by atoms with E-state index in [4.69, 9.17) is 9.47 Å². The van der Waals surface area contributed by atoms with Crippen LogP contribution in [0, 0.1) is 0 Å². The summed E-state index contributed by atoms with van der Waals surface area (Å²) in [6.07, 6.45) is 7.18. The van der Waals surface area contributed by atoms with Gasteiger partial charge < -0.3 is 9.47 Å². The van der Waals surface area contributed by atoms with E-state index in [0.717, 1.165) is 31.4 Å². The molecule has 0 amide bonds. The molecule has 0 aromatic carbocycles. The second-order valence-corrected chi connectivity index (χ2v) is 4.07. The highest BCUT2D eigenvalue weighted by Gasteiger charge is 2.29. The quantitative estimate of drug-likeness (QED) is 0.397. The number of unbranched alkanes of at least 4 members (excludes halogenated alkanes) is 2. The predicted molar refractivity (Wildman–Crippen MR) is 58.0 cm³/mol. The van der Waals surface area contributed by atoms with E-state index in [1.807, 2.05) is 6.08 Å². The van der Waals surface area contributed by atoms with Gasteiger partial charge in [-0.05, 0) is 19.3 Å².